The van der Waals surface area contributed by atoms with Crippen molar-refractivity contribution in [2.24, 2.45) is 0 Å². The summed E-state index contributed by atoms with van der Waals surface area (Å²) >= 11 is 6.94. The molecule has 18 heavy (non-hydrogen) atoms. The zero-order valence-electron chi connectivity index (χ0n) is 9.55. The van der Waals surface area contributed by atoms with Crippen LogP contribution in [0.1, 0.15) is 21.5 Å². The van der Waals surface area contributed by atoms with Crippen LogP contribution in [0.5, 0.6) is 0 Å². The highest BCUT2D eigenvalue weighted by Crippen LogP contribution is 2.33. The maximum absolute atomic E-state index is 13.2. The minimum Gasteiger partial charge on any atom is -0.204 e. The maximum atomic E-state index is 13.2. The van der Waals surface area contributed by atoms with Gasteiger partial charge >= 0.3 is 0 Å². The fourth-order valence-corrected chi connectivity index (χ4v) is 2.95. The highest BCUT2D eigenvalue weighted by Gasteiger charge is 2.13. The van der Waals surface area contributed by atoms with E-state index in [4.69, 9.17) is 0 Å². The Hall–Kier alpha value is -0.740. The third-order valence-corrected chi connectivity index (χ3v) is 4.11. The average Bonchev–Trinajstić information content (AvgIpc) is 2.30. The van der Waals surface area contributed by atoms with Gasteiger partial charge in [0.25, 0.3) is 0 Å². The van der Waals surface area contributed by atoms with Crippen LogP contribution >= 0.6 is 31.9 Å². The summed E-state index contributed by atoms with van der Waals surface area (Å²) in [6.07, 6.45) is 0. The lowest BCUT2D eigenvalue weighted by atomic mass is 10.0. The van der Waals surface area contributed by atoms with E-state index in [-0.39, 0.29) is 4.83 Å². The zero-order chi connectivity index (χ0) is 13.3. The van der Waals surface area contributed by atoms with Crippen molar-refractivity contribution in [3.8, 4) is 0 Å². The van der Waals surface area contributed by atoms with E-state index in [0.717, 1.165) is 21.7 Å². The van der Waals surface area contributed by atoms with E-state index >= 15 is 0 Å². The molecule has 0 aromatic heterocycles. The molecule has 0 aliphatic rings. The predicted molar refractivity (Wildman–Crippen MR) is 76.0 cm³/mol. The molecule has 0 saturated carbocycles. The second kappa shape index (κ2) is 5.49. The van der Waals surface area contributed by atoms with Crippen LogP contribution in [0.25, 0.3) is 0 Å². The molecule has 0 N–H and O–H groups in total. The van der Waals surface area contributed by atoms with E-state index in [2.05, 4.69) is 31.9 Å². The van der Waals surface area contributed by atoms with Gasteiger partial charge in [-0.15, -0.1) is 0 Å². The van der Waals surface area contributed by atoms with Gasteiger partial charge < -0.3 is 0 Å². The van der Waals surface area contributed by atoms with Crippen LogP contribution in [-0.4, -0.2) is 0 Å². The van der Waals surface area contributed by atoms with Gasteiger partial charge in [-0.05, 0) is 47.9 Å². The molecule has 0 radical (unpaired) electrons. The van der Waals surface area contributed by atoms with E-state index < -0.39 is 11.6 Å². The van der Waals surface area contributed by atoms with E-state index in [0.29, 0.717) is 5.56 Å². The molecular formula is C14H10Br2F2. The minimum atomic E-state index is -0.830. The Bertz CT molecular complexity index is 562. The Balaban J connectivity index is 2.40. The summed E-state index contributed by atoms with van der Waals surface area (Å²) in [4.78, 5) is -0.163. The van der Waals surface area contributed by atoms with Crippen LogP contribution in [0.4, 0.5) is 8.78 Å². The van der Waals surface area contributed by atoms with Crippen LogP contribution in [0.2, 0.25) is 0 Å². The fraction of sp³-hybridized carbons (Fsp3) is 0.143. The van der Waals surface area contributed by atoms with Crippen molar-refractivity contribution in [1.82, 2.24) is 0 Å². The molecule has 0 aliphatic carbocycles. The Morgan fingerprint density at radius 2 is 1.67 bits per heavy atom. The zero-order valence-corrected chi connectivity index (χ0v) is 12.7. The number of rotatable bonds is 2. The highest BCUT2D eigenvalue weighted by atomic mass is 79.9. The summed E-state index contributed by atoms with van der Waals surface area (Å²) in [6, 6.07) is 9.89. The van der Waals surface area contributed by atoms with Crippen molar-refractivity contribution < 1.29 is 8.78 Å². The Labute approximate surface area is 121 Å². The SMILES string of the molecule is Cc1cc(Br)cc(C(Br)c2ccc(F)c(F)c2)c1. The monoisotopic (exact) mass is 374 g/mol. The maximum Gasteiger partial charge on any atom is 0.159 e. The van der Waals surface area contributed by atoms with E-state index in [1.807, 2.05) is 25.1 Å². The highest BCUT2D eigenvalue weighted by molar-refractivity contribution is 9.10. The normalized spacial score (nSPS) is 12.5. The summed E-state index contributed by atoms with van der Waals surface area (Å²) in [5.74, 6) is -1.66. The number of hydrogen-bond donors (Lipinski definition) is 0. The lowest BCUT2D eigenvalue weighted by Crippen LogP contribution is -1.96. The van der Waals surface area contributed by atoms with Crippen LogP contribution in [0.15, 0.2) is 40.9 Å². The standard InChI is InChI=1S/C14H10Br2F2/c1-8-4-10(6-11(15)5-8)14(16)9-2-3-12(17)13(18)7-9/h2-7,14H,1H3. The third-order valence-electron chi connectivity index (χ3n) is 2.59. The van der Waals surface area contributed by atoms with Gasteiger partial charge in [0, 0.05) is 4.47 Å². The summed E-state index contributed by atoms with van der Waals surface area (Å²) in [5.41, 5.74) is 2.78. The van der Waals surface area contributed by atoms with Crippen LogP contribution in [-0.2, 0) is 0 Å². The Morgan fingerprint density at radius 1 is 0.944 bits per heavy atom. The number of benzene rings is 2. The van der Waals surface area contributed by atoms with Crippen molar-refractivity contribution in [3.63, 3.8) is 0 Å². The number of aryl methyl sites for hydroxylation is 1. The van der Waals surface area contributed by atoms with E-state index in [9.17, 15) is 8.78 Å². The average molecular weight is 376 g/mol. The lowest BCUT2D eigenvalue weighted by molar-refractivity contribution is 0.507. The molecular weight excluding hydrogens is 366 g/mol. The molecule has 2 rings (SSSR count). The minimum absolute atomic E-state index is 0.163. The molecule has 4 heteroatoms. The molecule has 1 atom stereocenters. The van der Waals surface area contributed by atoms with E-state index in [1.54, 1.807) is 6.07 Å². The van der Waals surface area contributed by atoms with Crippen molar-refractivity contribution in [2.45, 2.75) is 11.8 Å². The second-order valence-electron chi connectivity index (χ2n) is 4.10. The lowest BCUT2D eigenvalue weighted by Gasteiger charge is -2.12. The van der Waals surface area contributed by atoms with Gasteiger partial charge in [0.15, 0.2) is 11.6 Å². The van der Waals surface area contributed by atoms with Crippen LogP contribution in [0, 0.1) is 18.6 Å². The quantitative estimate of drug-likeness (QED) is 0.606. The number of halogens is 4. The molecule has 0 nitrogen and oxygen atoms in total. The van der Waals surface area contributed by atoms with Gasteiger partial charge in [-0.3, -0.25) is 0 Å². The largest absolute Gasteiger partial charge is 0.204 e. The molecule has 2 aromatic carbocycles. The number of alkyl halides is 1. The molecule has 0 amide bonds. The summed E-state index contributed by atoms with van der Waals surface area (Å²) in [5, 5.41) is 0. The molecule has 0 fully saturated rings. The predicted octanol–water partition coefficient (Wildman–Crippen LogP) is 5.52. The first-order valence-corrected chi connectivity index (χ1v) is 7.04. The van der Waals surface area contributed by atoms with Gasteiger partial charge in [0.05, 0.1) is 4.83 Å². The molecule has 0 aliphatic heterocycles. The van der Waals surface area contributed by atoms with Gasteiger partial charge in [0.1, 0.15) is 0 Å². The van der Waals surface area contributed by atoms with Crippen molar-refractivity contribution in [2.75, 3.05) is 0 Å². The Kier molecular flexibility index (Phi) is 4.17. The van der Waals surface area contributed by atoms with E-state index in [1.165, 1.54) is 6.07 Å². The summed E-state index contributed by atoms with van der Waals surface area (Å²) in [6.45, 7) is 1.99. The van der Waals surface area contributed by atoms with Crippen LogP contribution < -0.4 is 0 Å². The summed E-state index contributed by atoms with van der Waals surface area (Å²) < 4.78 is 27.1. The summed E-state index contributed by atoms with van der Waals surface area (Å²) in [7, 11) is 0. The molecule has 0 bridgehead atoms. The molecule has 0 heterocycles. The Morgan fingerprint density at radius 3 is 2.28 bits per heavy atom. The topological polar surface area (TPSA) is 0 Å². The van der Waals surface area contributed by atoms with Crippen molar-refractivity contribution >= 4 is 31.9 Å². The first-order chi connectivity index (χ1) is 8.47. The van der Waals surface area contributed by atoms with Gasteiger partial charge in [-0.1, -0.05) is 44.0 Å². The molecule has 94 valence electrons. The molecule has 0 saturated heterocycles. The molecule has 0 spiro atoms. The second-order valence-corrected chi connectivity index (χ2v) is 5.93. The molecule has 2 aromatic rings. The molecule has 1 unspecified atom stereocenters. The van der Waals surface area contributed by atoms with Crippen molar-refractivity contribution in [3.05, 3.63) is 69.2 Å². The van der Waals surface area contributed by atoms with Gasteiger partial charge in [-0.2, -0.15) is 0 Å². The van der Waals surface area contributed by atoms with Crippen LogP contribution in [0.3, 0.4) is 0 Å². The first-order valence-electron chi connectivity index (χ1n) is 5.33. The third kappa shape index (κ3) is 2.98. The van der Waals surface area contributed by atoms with Gasteiger partial charge in [-0.25, -0.2) is 8.78 Å². The number of hydrogen-bond acceptors (Lipinski definition) is 0. The first kappa shape index (κ1) is 13.7. The van der Waals surface area contributed by atoms with Gasteiger partial charge in [0.2, 0.25) is 0 Å². The smallest absolute Gasteiger partial charge is 0.159 e. The van der Waals surface area contributed by atoms with Crippen molar-refractivity contribution in [1.29, 1.82) is 0 Å². The fourth-order valence-electron chi connectivity index (χ4n) is 1.77.